The van der Waals surface area contributed by atoms with Gasteiger partial charge in [-0.1, -0.05) is 34.8 Å². The molecule has 0 saturated carbocycles. The second kappa shape index (κ2) is 7.64. The van der Waals surface area contributed by atoms with Gasteiger partial charge in [0.05, 0.1) is 5.56 Å². The van der Waals surface area contributed by atoms with Crippen LogP contribution in [0.3, 0.4) is 0 Å². The number of anilines is 1. The van der Waals surface area contributed by atoms with Crippen molar-refractivity contribution in [3.8, 4) is 0 Å². The molecule has 0 radical (unpaired) electrons. The Morgan fingerprint density at radius 3 is 2.39 bits per heavy atom. The third-order valence-corrected chi connectivity index (χ3v) is 3.39. The third-order valence-electron chi connectivity index (χ3n) is 2.75. The summed E-state index contributed by atoms with van der Waals surface area (Å²) in [6.07, 6.45) is 0.352. The first-order valence-electron chi connectivity index (χ1n) is 6.44. The van der Waals surface area contributed by atoms with Gasteiger partial charge in [-0.05, 0) is 37.3 Å². The smallest absolute Gasteiger partial charge is 0.339 e. The first-order chi connectivity index (χ1) is 10.8. The van der Waals surface area contributed by atoms with Gasteiger partial charge in [-0.15, -0.1) is 0 Å². The first kappa shape index (κ1) is 17.5. The van der Waals surface area contributed by atoms with Crippen LogP contribution in [0, 0.1) is 0 Å². The van der Waals surface area contributed by atoms with Crippen LogP contribution in [0.5, 0.6) is 0 Å². The molecule has 2 aromatic rings. The van der Waals surface area contributed by atoms with E-state index in [9.17, 15) is 9.59 Å². The molecule has 0 spiro atoms. The Labute approximate surface area is 147 Å². The Balaban J connectivity index is 2.01. The van der Waals surface area contributed by atoms with E-state index in [1.54, 1.807) is 0 Å². The van der Waals surface area contributed by atoms with E-state index in [-0.39, 0.29) is 10.7 Å². The number of carbonyl (C=O) groups is 2. The van der Waals surface area contributed by atoms with Crippen LogP contribution in [0.4, 0.5) is 5.69 Å². The molecule has 0 aliphatic heterocycles. The van der Waals surface area contributed by atoms with E-state index >= 15 is 0 Å². The van der Waals surface area contributed by atoms with Crippen LogP contribution in [-0.4, -0.2) is 23.0 Å². The zero-order valence-corrected chi connectivity index (χ0v) is 14.1. The van der Waals surface area contributed by atoms with E-state index < -0.39 is 18.0 Å². The van der Waals surface area contributed by atoms with Crippen molar-refractivity contribution < 1.29 is 14.3 Å². The number of ether oxygens (including phenoxy) is 1. The van der Waals surface area contributed by atoms with Gasteiger partial charge in [0.1, 0.15) is 5.15 Å². The Bertz CT molecular complexity index is 732. The zero-order valence-electron chi connectivity index (χ0n) is 11.8. The maximum Gasteiger partial charge on any atom is 0.339 e. The molecule has 1 unspecified atom stereocenters. The molecule has 1 atom stereocenters. The summed E-state index contributed by atoms with van der Waals surface area (Å²) in [7, 11) is 0. The molecule has 0 fully saturated rings. The predicted molar refractivity (Wildman–Crippen MR) is 89.2 cm³/mol. The monoisotopic (exact) mass is 372 g/mol. The highest BCUT2D eigenvalue weighted by Gasteiger charge is 2.19. The van der Waals surface area contributed by atoms with E-state index in [1.807, 2.05) is 0 Å². The predicted octanol–water partition coefficient (Wildman–Crippen LogP) is 4.23. The number of esters is 1. The number of halogens is 3. The van der Waals surface area contributed by atoms with Gasteiger partial charge in [0.25, 0.3) is 5.91 Å². The van der Waals surface area contributed by atoms with Crippen molar-refractivity contribution >= 4 is 52.4 Å². The molecule has 1 aromatic carbocycles. The Morgan fingerprint density at radius 2 is 1.78 bits per heavy atom. The number of nitrogens with zero attached hydrogens (tertiary/aromatic N) is 1. The molecule has 2 rings (SSSR count). The average Bonchev–Trinajstić information content (AvgIpc) is 2.45. The van der Waals surface area contributed by atoms with Crippen molar-refractivity contribution in [3.05, 3.63) is 57.3 Å². The fourth-order valence-electron chi connectivity index (χ4n) is 1.68. The standard InChI is InChI=1S/C15H11Cl3N2O3/c1-8(23-15(22)9-2-3-19-13(18)4-9)14(21)20-12-6-10(16)5-11(17)7-12/h2-8H,1H3,(H,20,21). The minimum atomic E-state index is -1.02. The Morgan fingerprint density at radius 1 is 1.13 bits per heavy atom. The Hall–Kier alpha value is -1.82. The number of carbonyl (C=O) groups excluding carboxylic acids is 2. The average molecular weight is 374 g/mol. The van der Waals surface area contributed by atoms with Crippen molar-refractivity contribution in [1.82, 2.24) is 4.98 Å². The lowest BCUT2D eigenvalue weighted by molar-refractivity contribution is -0.123. The minimum absolute atomic E-state index is 0.158. The summed E-state index contributed by atoms with van der Waals surface area (Å²) in [4.78, 5) is 27.8. The van der Waals surface area contributed by atoms with Crippen LogP contribution in [0.15, 0.2) is 36.5 Å². The van der Waals surface area contributed by atoms with E-state index in [1.165, 1.54) is 43.5 Å². The number of benzene rings is 1. The summed E-state index contributed by atoms with van der Waals surface area (Å²) < 4.78 is 5.08. The second-order valence-electron chi connectivity index (χ2n) is 4.56. The van der Waals surface area contributed by atoms with Crippen molar-refractivity contribution in [2.75, 3.05) is 5.32 Å². The quantitative estimate of drug-likeness (QED) is 0.643. The zero-order chi connectivity index (χ0) is 17.0. The lowest BCUT2D eigenvalue weighted by atomic mass is 10.2. The van der Waals surface area contributed by atoms with Gasteiger partial charge in [-0.3, -0.25) is 4.79 Å². The molecule has 23 heavy (non-hydrogen) atoms. The molecule has 0 saturated heterocycles. The van der Waals surface area contributed by atoms with E-state index in [4.69, 9.17) is 39.5 Å². The summed E-state index contributed by atoms with van der Waals surface area (Å²) >= 11 is 17.4. The lowest BCUT2D eigenvalue weighted by Crippen LogP contribution is -2.30. The number of amides is 1. The third kappa shape index (κ3) is 5.10. The van der Waals surface area contributed by atoms with Crippen LogP contribution in [0.1, 0.15) is 17.3 Å². The van der Waals surface area contributed by atoms with Gasteiger partial charge in [0, 0.05) is 21.9 Å². The molecule has 1 heterocycles. The van der Waals surface area contributed by atoms with E-state index in [2.05, 4.69) is 10.3 Å². The van der Waals surface area contributed by atoms with Gasteiger partial charge >= 0.3 is 5.97 Å². The molecule has 0 bridgehead atoms. The molecule has 5 nitrogen and oxygen atoms in total. The molecular formula is C15H11Cl3N2O3. The minimum Gasteiger partial charge on any atom is -0.449 e. The molecule has 120 valence electrons. The normalized spacial score (nSPS) is 11.7. The highest BCUT2D eigenvalue weighted by atomic mass is 35.5. The topological polar surface area (TPSA) is 68.3 Å². The number of hydrogen-bond acceptors (Lipinski definition) is 4. The largest absolute Gasteiger partial charge is 0.449 e. The van der Waals surface area contributed by atoms with Crippen molar-refractivity contribution in [2.24, 2.45) is 0 Å². The highest BCUT2D eigenvalue weighted by Crippen LogP contribution is 2.22. The molecule has 1 aromatic heterocycles. The second-order valence-corrected chi connectivity index (χ2v) is 5.82. The molecule has 0 aliphatic rings. The van der Waals surface area contributed by atoms with E-state index in [0.717, 1.165) is 0 Å². The van der Waals surface area contributed by atoms with E-state index in [0.29, 0.717) is 15.7 Å². The van der Waals surface area contributed by atoms with Gasteiger partial charge in [-0.2, -0.15) is 0 Å². The molecule has 1 N–H and O–H groups in total. The van der Waals surface area contributed by atoms with Gasteiger partial charge < -0.3 is 10.1 Å². The highest BCUT2D eigenvalue weighted by molar-refractivity contribution is 6.35. The number of nitrogens with one attached hydrogen (secondary N) is 1. The van der Waals surface area contributed by atoms with Crippen LogP contribution in [0.25, 0.3) is 0 Å². The summed E-state index contributed by atoms with van der Waals surface area (Å²) in [6, 6.07) is 7.39. The number of hydrogen-bond donors (Lipinski definition) is 1. The summed E-state index contributed by atoms with van der Waals surface area (Å²) in [5, 5.41) is 3.48. The van der Waals surface area contributed by atoms with Crippen LogP contribution < -0.4 is 5.32 Å². The van der Waals surface area contributed by atoms with Crippen LogP contribution in [0.2, 0.25) is 15.2 Å². The molecule has 8 heteroatoms. The van der Waals surface area contributed by atoms with Gasteiger partial charge in [0.2, 0.25) is 0 Å². The summed E-state index contributed by atoms with van der Waals surface area (Å²) in [6.45, 7) is 1.45. The Kier molecular flexibility index (Phi) is 5.82. The van der Waals surface area contributed by atoms with Gasteiger partial charge in [-0.25, -0.2) is 9.78 Å². The lowest BCUT2D eigenvalue weighted by Gasteiger charge is -2.14. The fourth-order valence-corrected chi connectivity index (χ4v) is 2.38. The number of pyridine rings is 1. The van der Waals surface area contributed by atoms with Crippen molar-refractivity contribution in [1.29, 1.82) is 0 Å². The maximum absolute atomic E-state index is 12.1. The molecule has 0 aliphatic carbocycles. The van der Waals surface area contributed by atoms with Crippen LogP contribution >= 0.6 is 34.8 Å². The molecular weight excluding hydrogens is 363 g/mol. The SMILES string of the molecule is CC(OC(=O)c1ccnc(Cl)c1)C(=O)Nc1cc(Cl)cc(Cl)c1. The molecule has 1 amide bonds. The first-order valence-corrected chi connectivity index (χ1v) is 7.58. The fraction of sp³-hybridized carbons (Fsp3) is 0.133. The number of aromatic nitrogens is 1. The maximum atomic E-state index is 12.1. The van der Waals surface area contributed by atoms with Gasteiger partial charge in [0.15, 0.2) is 6.10 Å². The summed E-state index contributed by atoms with van der Waals surface area (Å²) in [5.41, 5.74) is 0.609. The van der Waals surface area contributed by atoms with Crippen molar-refractivity contribution in [3.63, 3.8) is 0 Å². The number of rotatable bonds is 4. The summed E-state index contributed by atoms with van der Waals surface area (Å²) in [5.74, 6) is -1.20. The van der Waals surface area contributed by atoms with Crippen LogP contribution in [-0.2, 0) is 9.53 Å². The van der Waals surface area contributed by atoms with Crippen molar-refractivity contribution in [2.45, 2.75) is 13.0 Å².